The monoisotopic (exact) mass is 1010 g/mol. The molecule has 3 N–H and O–H groups in total. The molecule has 0 spiro atoms. The minimum Gasteiger partial charge on any atom is -0.507 e. The lowest BCUT2D eigenvalue weighted by atomic mass is 9.71. The van der Waals surface area contributed by atoms with Gasteiger partial charge >= 0.3 is 0 Å². The normalized spacial score (nSPS) is 27.5. The average Bonchev–Trinajstić information content (AvgIpc) is 4.09. The van der Waals surface area contributed by atoms with E-state index in [2.05, 4.69) is 92.2 Å². The van der Waals surface area contributed by atoms with Gasteiger partial charge in [-0.05, 0) is 126 Å². The Kier molecular flexibility index (Phi) is 13.3. The molecular formula is C58H70N6O10. The summed E-state index contributed by atoms with van der Waals surface area (Å²) in [5, 5.41) is 53.9. The van der Waals surface area contributed by atoms with Gasteiger partial charge in [-0.3, -0.25) is 19.6 Å². The lowest BCUT2D eigenvalue weighted by molar-refractivity contribution is -0.0821. The summed E-state index contributed by atoms with van der Waals surface area (Å²) in [5.74, 6) is 5.18. The van der Waals surface area contributed by atoms with Gasteiger partial charge in [0.2, 0.25) is 13.6 Å². The van der Waals surface area contributed by atoms with Crippen molar-refractivity contribution >= 4 is 0 Å². The second-order valence-electron chi connectivity index (χ2n) is 21.0. The van der Waals surface area contributed by atoms with Crippen LogP contribution in [0.4, 0.5) is 0 Å². The molecule has 0 aromatic heterocycles. The molecule has 0 amide bonds. The molecule has 8 heterocycles. The Balaban J connectivity index is 0.000000168. The number of aromatic hydroxyl groups is 1. The van der Waals surface area contributed by atoms with Crippen LogP contribution in [0.3, 0.4) is 0 Å². The number of benzene rings is 4. The smallest absolute Gasteiger partial charge is 0.231 e. The number of piperazine rings is 2. The molecule has 2 saturated heterocycles. The minimum absolute atomic E-state index is 0. The van der Waals surface area contributed by atoms with Crippen molar-refractivity contribution in [2.75, 3.05) is 61.7 Å². The van der Waals surface area contributed by atoms with E-state index >= 15 is 0 Å². The molecule has 2 fully saturated rings. The number of rotatable bonds is 7. The first-order chi connectivity index (χ1) is 35.2. The number of hydrogen-bond donors (Lipinski definition) is 3. The summed E-state index contributed by atoms with van der Waals surface area (Å²) in [4.78, 5) is 9.14. The number of nitriles is 2. The van der Waals surface area contributed by atoms with Crippen LogP contribution < -0.4 is 33.2 Å². The fourth-order valence-corrected chi connectivity index (χ4v) is 15.0. The lowest BCUT2D eigenvalue weighted by Crippen LogP contribution is -2.68. The molecule has 4 bridgehead atoms. The zero-order valence-electron chi connectivity index (χ0n) is 43.5. The number of likely N-dealkylation sites (N-methyl/N-ethyl adjacent to an activating group) is 2. The standard InChI is InChI=1S/C30H35N3O5.C27H31N3O5.CH4/c1-7-8-36-28-17(4)29-30(38-14-37-29)25-19(28)11-21-26-24-16(3)27(35-6)15(2)9-18(24)10-20(32(26)5)22(12-31)33(21)23(25)13-34;1-12-6-15-7-17-19(9-28)30-18(23(29(17)4)21(15)13(2)25(12)33-5)8-16-22(20(30)10-31)27-26(34-11-35-27)14(3)24(16)32;/h7,9,20-23,26,34H,1,8,10-11,13-14H2,2-6H3;6,17-20,23,31-32H,7-8,10-11H2,1-5H3;1H4/t20-,21?,22-,23-,26-;17-,18?,19-,20-,23-;/m00./s1. The Morgan fingerprint density at radius 1 is 0.622 bits per heavy atom. The molecule has 16 heteroatoms. The van der Waals surface area contributed by atoms with Gasteiger partial charge in [0.25, 0.3) is 0 Å². The molecule has 4 aromatic carbocycles. The number of fused-ring (bicyclic) bond motifs is 18. The van der Waals surface area contributed by atoms with E-state index < -0.39 is 24.2 Å². The summed E-state index contributed by atoms with van der Waals surface area (Å²) in [6.45, 7) is 16.3. The summed E-state index contributed by atoms with van der Waals surface area (Å²) < 4.78 is 41.3. The molecule has 4 aromatic rings. The molecular weight excluding hydrogens is 941 g/mol. The molecule has 12 rings (SSSR count). The third kappa shape index (κ3) is 7.05. The summed E-state index contributed by atoms with van der Waals surface area (Å²) in [7, 11) is 7.66. The van der Waals surface area contributed by atoms with Crippen LogP contribution in [0.25, 0.3) is 0 Å². The van der Waals surface area contributed by atoms with E-state index in [9.17, 15) is 25.8 Å². The zero-order chi connectivity index (χ0) is 51.6. The van der Waals surface area contributed by atoms with Gasteiger partial charge < -0.3 is 48.5 Å². The predicted molar refractivity (Wildman–Crippen MR) is 277 cm³/mol. The summed E-state index contributed by atoms with van der Waals surface area (Å²) in [5.41, 5.74) is 14.5. The lowest BCUT2D eigenvalue weighted by Gasteiger charge is -2.60. The van der Waals surface area contributed by atoms with Crippen LogP contribution >= 0.6 is 0 Å². The molecule has 0 saturated carbocycles. The van der Waals surface area contributed by atoms with E-state index in [4.69, 9.17) is 33.2 Å². The van der Waals surface area contributed by atoms with E-state index in [1.54, 1.807) is 20.3 Å². The van der Waals surface area contributed by atoms with Crippen molar-refractivity contribution in [3.8, 4) is 58.1 Å². The molecule has 10 atom stereocenters. The van der Waals surface area contributed by atoms with Gasteiger partial charge in [-0.15, -0.1) is 0 Å². The number of phenolic OH excluding ortho intramolecular Hbond substituents is 1. The maximum atomic E-state index is 11.3. The molecule has 8 aliphatic rings. The first-order valence-electron chi connectivity index (χ1n) is 25.4. The van der Waals surface area contributed by atoms with E-state index in [0.29, 0.717) is 48.0 Å². The number of aliphatic hydroxyl groups excluding tert-OH is 2. The summed E-state index contributed by atoms with van der Waals surface area (Å²) in [6, 6.07) is 7.67. The van der Waals surface area contributed by atoms with Crippen LogP contribution in [0.5, 0.6) is 46.0 Å². The minimum atomic E-state index is -0.483. The van der Waals surface area contributed by atoms with Gasteiger partial charge in [0.15, 0.2) is 23.0 Å². The van der Waals surface area contributed by atoms with Crippen LogP contribution in [0.1, 0.15) is 109 Å². The van der Waals surface area contributed by atoms with Crippen molar-refractivity contribution in [2.45, 2.75) is 135 Å². The average molecular weight is 1010 g/mol. The second kappa shape index (κ2) is 19.2. The van der Waals surface area contributed by atoms with Crippen molar-refractivity contribution < 1.29 is 48.5 Å². The molecule has 0 aliphatic carbocycles. The van der Waals surface area contributed by atoms with Crippen molar-refractivity contribution in [1.82, 2.24) is 19.6 Å². The van der Waals surface area contributed by atoms with E-state index in [1.807, 2.05) is 13.8 Å². The van der Waals surface area contributed by atoms with Gasteiger partial charge in [0, 0.05) is 57.5 Å². The van der Waals surface area contributed by atoms with Crippen LogP contribution in [0.2, 0.25) is 0 Å². The SMILES string of the molecule is C.C=CCOc1c(C)c2c(c3c1CC1[C@H]4c5c(cc(C)c(OC)c5C)C[C@@H]([C@H](C#N)N1[C@H]3CO)N4C)OCO2.COc1c(C)cc2c(c1C)[C@@H]1C3Cc4c(O)c(C)c5c(c4[C@H](CO)N3[C@@H](C#N)[C@H](C2)N1C)OCO5. The number of methoxy groups -OCH3 is 2. The van der Waals surface area contributed by atoms with Crippen LogP contribution in [-0.2, 0) is 25.7 Å². The van der Waals surface area contributed by atoms with Crippen LogP contribution in [0.15, 0.2) is 24.8 Å². The molecule has 2 unspecified atom stereocenters. The van der Waals surface area contributed by atoms with E-state index in [1.165, 1.54) is 22.3 Å². The van der Waals surface area contributed by atoms with E-state index in [0.717, 1.165) is 80.2 Å². The Bertz CT molecular complexity index is 3050. The zero-order valence-corrected chi connectivity index (χ0v) is 43.5. The highest BCUT2D eigenvalue weighted by Crippen LogP contribution is 2.60. The van der Waals surface area contributed by atoms with Gasteiger partial charge in [-0.2, -0.15) is 10.5 Å². The van der Waals surface area contributed by atoms with E-state index in [-0.39, 0.29) is 76.2 Å². The summed E-state index contributed by atoms with van der Waals surface area (Å²) in [6.07, 6.45) is 4.42. The number of nitrogens with zero attached hydrogens (tertiary/aromatic N) is 6. The number of phenols is 1. The Hall–Kier alpha value is -6.24. The number of ether oxygens (including phenoxy) is 7. The highest BCUT2D eigenvalue weighted by molar-refractivity contribution is 5.68. The molecule has 74 heavy (non-hydrogen) atoms. The topological polar surface area (TPSA) is 186 Å². The quantitative estimate of drug-likeness (QED) is 0.159. The van der Waals surface area contributed by atoms with Gasteiger partial charge in [0.05, 0.1) is 63.7 Å². The second-order valence-corrected chi connectivity index (χ2v) is 21.0. The largest absolute Gasteiger partial charge is 0.507 e. The van der Waals surface area contributed by atoms with Gasteiger partial charge in [-0.25, -0.2) is 0 Å². The van der Waals surface area contributed by atoms with Gasteiger partial charge in [-0.1, -0.05) is 32.2 Å². The van der Waals surface area contributed by atoms with Gasteiger partial charge in [0.1, 0.15) is 41.7 Å². The van der Waals surface area contributed by atoms with Crippen LogP contribution in [-0.4, -0.2) is 133 Å². The maximum absolute atomic E-state index is 11.3. The Labute approximate surface area is 434 Å². The Morgan fingerprint density at radius 3 is 1.49 bits per heavy atom. The first-order valence-corrected chi connectivity index (χ1v) is 25.4. The van der Waals surface area contributed by atoms with Crippen molar-refractivity contribution in [1.29, 1.82) is 10.5 Å². The number of aliphatic hydroxyl groups is 2. The van der Waals surface area contributed by atoms with Crippen molar-refractivity contribution in [3.05, 3.63) is 103 Å². The highest BCUT2D eigenvalue weighted by Gasteiger charge is 2.58. The van der Waals surface area contributed by atoms with Crippen molar-refractivity contribution in [3.63, 3.8) is 0 Å². The predicted octanol–water partition coefficient (Wildman–Crippen LogP) is 7.13. The van der Waals surface area contributed by atoms with Crippen LogP contribution in [0, 0.1) is 64.2 Å². The fourth-order valence-electron chi connectivity index (χ4n) is 15.0. The Morgan fingerprint density at radius 2 is 1.05 bits per heavy atom. The number of hydrogen-bond acceptors (Lipinski definition) is 16. The third-order valence-corrected chi connectivity index (χ3v) is 17.8. The molecule has 8 aliphatic heterocycles. The first kappa shape index (κ1) is 51.3. The van der Waals surface area contributed by atoms with Crippen molar-refractivity contribution in [2.24, 2.45) is 0 Å². The summed E-state index contributed by atoms with van der Waals surface area (Å²) >= 11 is 0. The maximum Gasteiger partial charge on any atom is 0.231 e. The molecule has 392 valence electrons. The third-order valence-electron chi connectivity index (χ3n) is 17.8. The molecule has 16 nitrogen and oxygen atoms in total. The highest BCUT2D eigenvalue weighted by atomic mass is 16.7. The number of aryl methyl sites for hydroxylation is 2. The fraction of sp³-hybridized carbons (Fsp3) is 0.517. The molecule has 0 radical (unpaired) electrons.